The minimum absolute atomic E-state index is 0.0356. The average Bonchev–Trinajstić information content (AvgIpc) is 3.27. The van der Waals surface area contributed by atoms with Crippen molar-refractivity contribution in [2.24, 2.45) is 5.92 Å². The van der Waals surface area contributed by atoms with Gasteiger partial charge >= 0.3 is 6.09 Å². The zero-order valence-corrected chi connectivity index (χ0v) is 14.5. The minimum atomic E-state index is -0.376. The molecule has 0 bridgehead atoms. The Hall–Kier alpha value is -2.97. The van der Waals surface area contributed by atoms with E-state index in [4.69, 9.17) is 4.74 Å². The first-order chi connectivity index (χ1) is 12.6. The van der Waals surface area contributed by atoms with Crippen LogP contribution < -0.4 is 4.90 Å². The van der Waals surface area contributed by atoms with Gasteiger partial charge in [-0.3, -0.25) is 9.69 Å². The molecule has 1 aromatic heterocycles. The lowest BCUT2D eigenvalue weighted by Gasteiger charge is -2.27. The van der Waals surface area contributed by atoms with Crippen LogP contribution in [0.2, 0.25) is 0 Å². The molecule has 2 unspecified atom stereocenters. The molecule has 2 aliphatic rings. The number of tetrazole rings is 1. The molecule has 1 saturated heterocycles. The third-order valence-electron chi connectivity index (χ3n) is 4.87. The normalized spacial score (nSPS) is 22.0. The third kappa shape index (κ3) is 3.12. The van der Waals surface area contributed by atoms with Crippen molar-refractivity contribution < 1.29 is 14.3 Å². The van der Waals surface area contributed by atoms with Gasteiger partial charge in [-0.2, -0.15) is 0 Å². The number of rotatable bonds is 4. The number of aryl methyl sites for hydroxylation is 1. The van der Waals surface area contributed by atoms with Gasteiger partial charge in [0.05, 0.1) is 13.1 Å². The van der Waals surface area contributed by atoms with Crippen LogP contribution in [-0.2, 0) is 22.5 Å². The molecule has 2 aliphatic heterocycles. The van der Waals surface area contributed by atoms with E-state index in [0.29, 0.717) is 32.5 Å². The molecule has 2 amide bonds. The maximum Gasteiger partial charge on any atom is 0.414 e. The van der Waals surface area contributed by atoms with Crippen LogP contribution in [0.3, 0.4) is 0 Å². The Bertz CT molecular complexity index is 808. The molecule has 9 nitrogen and oxygen atoms in total. The van der Waals surface area contributed by atoms with E-state index in [1.54, 1.807) is 21.5 Å². The Labute approximate surface area is 150 Å². The van der Waals surface area contributed by atoms with Crippen molar-refractivity contribution in [3.05, 3.63) is 36.2 Å². The van der Waals surface area contributed by atoms with E-state index in [9.17, 15) is 9.59 Å². The van der Waals surface area contributed by atoms with Gasteiger partial charge in [-0.15, -0.1) is 5.10 Å². The van der Waals surface area contributed by atoms with Crippen LogP contribution in [-0.4, -0.2) is 63.3 Å². The molecule has 1 aromatic carbocycles. The fourth-order valence-electron chi connectivity index (χ4n) is 3.50. The van der Waals surface area contributed by atoms with Crippen molar-refractivity contribution in [3.63, 3.8) is 0 Å². The van der Waals surface area contributed by atoms with Gasteiger partial charge in [0.25, 0.3) is 0 Å². The lowest BCUT2D eigenvalue weighted by atomic mass is 9.96. The zero-order valence-electron chi connectivity index (χ0n) is 14.5. The number of ether oxygens (including phenoxy) is 1. The fraction of sp³-hybridized carbons (Fsp3) is 0.471. The van der Waals surface area contributed by atoms with Crippen LogP contribution in [0, 0.1) is 5.92 Å². The van der Waals surface area contributed by atoms with Gasteiger partial charge in [-0.25, -0.2) is 9.48 Å². The standard InChI is InChI=1S/C17H20N6O3/c1-21(16(24)12-7-8-23-15(9-12)18-19-20-23)10-14-11-22(17(25)26-14)13-5-3-2-4-6-13/h2-6,12,14H,7-11H2,1H3. The summed E-state index contributed by atoms with van der Waals surface area (Å²) in [7, 11) is 1.75. The molecule has 2 aromatic rings. The Balaban J connectivity index is 1.36. The molecular weight excluding hydrogens is 336 g/mol. The molecule has 26 heavy (non-hydrogen) atoms. The SMILES string of the molecule is CN(CC1CN(c2ccccc2)C(=O)O1)C(=O)C1CCn2nnnc2C1. The highest BCUT2D eigenvalue weighted by molar-refractivity contribution is 5.89. The van der Waals surface area contributed by atoms with Crippen molar-refractivity contribution >= 4 is 17.7 Å². The molecular formula is C17H20N6O3. The minimum Gasteiger partial charge on any atom is -0.442 e. The largest absolute Gasteiger partial charge is 0.442 e. The fourth-order valence-corrected chi connectivity index (χ4v) is 3.50. The third-order valence-corrected chi connectivity index (χ3v) is 4.87. The number of cyclic esters (lactones) is 1. The van der Waals surface area contributed by atoms with E-state index in [-0.39, 0.29) is 24.0 Å². The predicted molar refractivity (Wildman–Crippen MR) is 91.3 cm³/mol. The van der Waals surface area contributed by atoms with Crippen LogP contribution in [0.15, 0.2) is 30.3 Å². The number of para-hydroxylation sites is 1. The maximum absolute atomic E-state index is 12.7. The number of anilines is 1. The summed E-state index contributed by atoms with van der Waals surface area (Å²) in [6, 6.07) is 9.38. The second-order valence-corrected chi connectivity index (χ2v) is 6.68. The van der Waals surface area contributed by atoms with E-state index in [0.717, 1.165) is 11.5 Å². The predicted octanol–water partition coefficient (Wildman–Crippen LogP) is 0.719. The van der Waals surface area contributed by atoms with Gasteiger partial charge in [0.1, 0.15) is 6.10 Å². The topological polar surface area (TPSA) is 93.5 Å². The lowest BCUT2D eigenvalue weighted by Crippen LogP contribution is -2.41. The Morgan fingerprint density at radius 3 is 2.96 bits per heavy atom. The van der Waals surface area contributed by atoms with E-state index < -0.39 is 0 Å². The Kier molecular flexibility index (Phi) is 4.27. The lowest BCUT2D eigenvalue weighted by molar-refractivity contribution is -0.135. The highest BCUT2D eigenvalue weighted by atomic mass is 16.6. The van der Waals surface area contributed by atoms with Crippen LogP contribution in [0.25, 0.3) is 0 Å². The first-order valence-electron chi connectivity index (χ1n) is 8.65. The molecule has 0 N–H and O–H groups in total. The van der Waals surface area contributed by atoms with E-state index >= 15 is 0 Å². The second-order valence-electron chi connectivity index (χ2n) is 6.68. The smallest absolute Gasteiger partial charge is 0.414 e. The first-order valence-corrected chi connectivity index (χ1v) is 8.65. The van der Waals surface area contributed by atoms with Crippen molar-refractivity contribution in [2.75, 3.05) is 25.0 Å². The van der Waals surface area contributed by atoms with Crippen LogP contribution >= 0.6 is 0 Å². The molecule has 9 heteroatoms. The first kappa shape index (κ1) is 16.5. The van der Waals surface area contributed by atoms with Gasteiger partial charge in [-0.05, 0) is 29.0 Å². The van der Waals surface area contributed by atoms with Crippen molar-refractivity contribution in [1.82, 2.24) is 25.1 Å². The van der Waals surface area contributed by atoms with E-state index in [1.807, 2.05) is 30.3 Å². The van der Waals surface area contributed by atoms with Gasteiger partial charge in [0.15, 0.2) is 5.82 Å². The van der Waals surface area contributed by atoms with Crippen LogP contribution in [0.1, 0.15) is 12.2 Å². The molecule has 0 radical (unpaired) electrons. The Morgan fingerprint density at radius 1 is 1.35 bits per heavy atom. The van der Waals surface area contributed by atoms with Crippen LogP contribution in [0.4, 0.5) is 10.5 Å². The highest BCUT2D eigenvalue weighted by Crippen LogP contribution is 2.23. The number of carbonyl (C=O) groups is 2. The molecule has 4 rings (SSSR count). The molecule has 0 spiro atoms. The number of fused-ring (bicyclic) bond motifs is 1. The summed E-state index contributed by atoms with van der Waals surface area (Å²) in [6.45, 7) is 1.45. The van der Waals surface area contributed by atoms with E-state index in [2.05, 4.69) is 15.5 Å². The highest BCUT2D eigenvalue weighted by Gasteiger charge is 2.35. The second kappa shape index (κ2) is 6.74. The molecule has 2 atom stereocenters. The van der Waals surface area contributed by atoms with Crippen molar-refractivity contribution in [3.8, 4) is 0 Å². The molecule has 136 valence electrons. The quantitative estimate of drug-likeness (QED) is 0.801. The van der Waals surface area contributed by atoms with Gasteiger partial charge in [-0.1, -0.05) is 18.2 Å². The summed E-state index contributed by atoms with van der Waals surface area (Å²) in [6.07, 6.45) is 0.530. The number of aromatic nitrogens is 4. The number of carbonyl (C=O) groups excluding carboxylic acids is 2. The summed E-state index contributed by atoms with van der Waals surface area (Å²) in [5.74, 6) is 0.639. The number of benzene rings is 1. The average molecular weight is 356 g/mol. The summed E-state index contributed by atoms with van der Waals surface area (Å²) in [4.78, 5) is 28.1. The van der Waals surface area contributed by atoms with Gasteiger partial charge in [0.2, 0.25) is 5.91 Å². The summed E-state index contributed by atoms with van der Waals surface area (Å²) >= 11 is 0. The summed E-state index contributed by atoms with van der Waals surface area (Å²) in [5, 5.41) is 11.5. The molecule has 3 heterocycles. The Morgan fingerprint density at radius 2 is 2.15 bits per heavy atom. The number of nitrogens with zero attached hydrogens (tertiary/aromatic N) is 6. The number of hydrogen-bond donors (Lipinski definition) is 0. The molecule has 1 fully saturated rings. The van der Waals surface area contributed by atoms with Gasteiger partial charge in [0, 0.05) is 31.6 Å². The number of likely N-dealkylation sites (N-methyl/N-ethyl adjacent to an activating group) is 1. The van der Waals surface area contributed by atoms with Crippen molar-refractivity contribution in [1.29, 1.82) is 0 Å². The van der Waals surface area contributed by atoms with Gasteiger partial charge < -0.3 is 9.64 Å². The number of hydrogen-bond acceptors (Lipinski definition) is 6. The zero-order chi connectivity index (χ0) is 18.1. The van der Waals surface area contributed by atoms with Crippen molar-refractivity contribution in [2.45, 2.75) is 25.5 Å². The van der Waals surface area contributed by atoms with E-state index in [1.165, 1.54) is 0 Å². The molecule has 0 saturated carbocycles. The number of amides is 2. The monoisotopic (exact) mass is 356 g/mol. The summed E-state index contributed by atoms with van der Waals surface area (Å²) in [5.41, 5.74) is 0.799. The van der Waals surface area contributed by atoms with Crippen LogP contribution in [0.5, 0.6) is 0 Å². The molecule has 0 aliphatic carbocycles. The maximum atomic E-state index is 12.7. The summed E-state index contributed by atoms with van der Waals surface area (Å²) < 4.78 is 7.17.